The highest BCUT2D eigenvalue weighted by molar-refractivity contribution is 14.1. The number of benzene rings is 1. The van der Waals surface area contributed by atoms with Gasteiger partial charge in [-0.1, -0.05) is 17.3 Å². The van der Waals surface area contributed by atoms with Crippen molar-refractivity contribution in [2.45, 2.75) is 0 Å². The summed E-state index contributed by atoms with van der Waals surface area (Å²) in [6.07, 6.45) is 1.68. The van der Waals surface area contributed by atoms with Gasteiger partial charge < -0.3 is 10.2 Å². The lowest BCUT2D eigenvalue weighted by molar-refractivity contribution is 0.215. The Labute approximate surface area is 91.3 Å². The molecule has 0 atom stereocenters. The maximum Gasteiger partial charge on any atom is 0.106 e. The molecule has 0 radical (unpaired) electrons. The van der Waals surface area contributed by atoms with Gasteiger partial charge in [-0.05, 0) is 34.7 Å². The van der Waals surface area contributed by atoms with Crippen LogP contribution in [-0.2, 0) is 4.84 Å². The van der Waals surface area contributed by atoms with Gasteiger partial charge in [-0.15, -0.1) is 0 Å². The van der Waals surface area contributed by atoms with Gasteiger partial charge in [0.15, 0.2) is 0 Å². The van der Waals surface area contributed by atoms with Gasteiger partial charge in [0.25, 0.3) is 0 Å². The molecule has 0 unspecified atom stereocenters. The molecular formula is C9H11IN2O. The molecule has 0 saturated carbocycles. The van der Waals surface area contributed by atoms with Crippen LogP contribution in [0, 0.1) is 3.57 Å². The van der Waals surface area contributed by atoms with Gasteiger partial charge in [-0.25, -0.2) is 0 Å². The van der Waals surface area contributed by atoms with Crippen LogP contribution in [0.3, 0.4) is 0 Å². The van der Waals surface area contributed by atoms with E-state index < -0.39 is 0 Å². The fourth-order valence-electron chi connectivity index (χ4n) is 0.872. The van der Waals surface area contributed by atoms with E-state index in [1.54, 1.807) is 6.21 Å². The number of rotatable bonds is 4. The van der Waals surface area contributed by atoms with E-state index >= 15 is 0 Å². The predicted octanol–water partition coefficient (Wildman–Crippen LogP) is 2.34. The largest absolute Gasteiger partial charge is 0.399 e. The number of hydrogen-bond donors (Lipinski definition) is 1. The summed E-state index contributed by atoms with van der Waals surface area (Å²) in [5.74, 6) is 0. The van der Waals surface area contributed by atoms with E-state index in [-0.39, 0.29) is 0 Å². The number of hydrogen-bond acceptors (Lipinski definition) is 3. The molecule has 0 spiro atoms. The van der Waals surface area contributed by atoms with Crippen molar-refractivity contribution in [2.75, 3.05) is 19.0 Å². The van der Waals surface area contributed by atoms with Gasteiger partial charge in [0.05, 0.1) is 12.8 Å². The molecule has 0 aliphatic carbocycles. The number of para-hydroxylation sites is 1. The topological polar surface area (TPSA) is 33.6 Å². The maximum atomic E-state index is 4.54. The van der Waals surface area contributed by atoms with Crippen LogP contribution in [0.15, 0.2) is 29.4 Å². The SMILES string of the molecule is CO/N=C\CNc1ccccc1I. The first-order valence-electron chi connectivity index (χ1n) is 3.88. The zero-order chi connectivity index (χ0) is 9.52. The first kappa shape index (κ1) is 10.3. The third-order valence-corrected chi connectivity index (χ3v) is 2.38. The van der Waals surface area contributed by atoms with Gasteiger partial charge in [0.2, 0.25) is 0 Å². The minimum Gasteiger partial charge on any atom is -0.399 e. The molecular weight excluding hydrogens is 279 g/mol. The summed E-state index contributed by atoms with van der Waals surface area (Å²) in [5, 5.41) is 6.84. The van der Waals surface area contributed by atoms with E-state index in [1.165, 1.54) is 10.7 Å². The molecule has 4 heteroatoms. The summed E-state index contributed by atoms with van der Waals surface area (Å²) in [5.41, 5.74) is 1.12. The minimum absolute atomic E-state index is 0.674. The molecule has 3 nitrogen and oxygen atoms in total. The Kier molecular flexibility index (Phi) is 4.59. The molecule has 1 aromatic carbocycles. The first-order valence-corrected chi connectivity index (χ1v) is 4.96. The second-order valence-corrected chi connectivity index (χ2v) is 3.49. The molecule has 70 valence electrons. The number of nitrogens with zero attached hydrogens (tertiary/aromatic N) is 1. The molecule has 0 aliphatic rings. The molecule has 1 N–H and O–H groups in total. The minimum atomic E-state index is 0.674. The smallest absolute Gasteiger partial charge is 0.106 e. The number of nitrogens with one attached hydrogen (secondary N) is 1. The van der Waals surface area contributed by atoms with Crippen LogP contribution < -0.4 is 5.32 Å². The fourth-order valence-corrected chi connectivity index (χ4v) is 1.45. The summed E-state index contributed by atoms with van der Waals surface area (Å²) in [4.78, 5) is 4.54. The van der Waals surface area contributed by atoms with Crippen molar-refractivity contribution >= 4 is 34.5 Å². The first-order chi connectivity index (χ1) is 6.34. The molecule has 0 aromatic heterocycles. The lowest BCUT2D eigenvalue weighted by Gasteiger charge is -2.04. The average molecular weight is 290 g/mol. The van der Waals surface area contributed by atoms with Gasteiger partial charge in [-0.2, -0.15) is 0 Å². The second kappa shape index (κ2) is 5.80. The Bertz CT molecular complexity index is 289. The quantitative estimate of drug-likeness (QED) is 0.524. The van der Waals surface area contributed by atoms with E-state index in [0.717, 1.165) is 5.69 Å². The zero-order valence-corrected chi connectivity index (χ0v) is 9.48. The summed E-state index contributed by atoms with van der Waals surface area (Å²) in [6, 6.07) is 8.09. The highest BCUT2D eigenvalue weighted by atomic mass is 127. The molecule has 0 fully saturated rings. The van der Waals surface area contributed by atoms with Gasteiger partial charge >= 0.3 is 0 Å². The van der Waals surface area contributed by atoms with Crippen molar-refractivity contribution in [1.29, 1.82) is 0 Å². The van der Waals surface area contributed by atoms with E-state index in [4.69, 9.17) is 0 Å². The third kappa shape index (κ3) is 3.63. The van der Waals surface area contributed by atoms with Crippen LogP contribution in [-0.4, -0.2) is 19.9 Å². The van der Waals surface area contributed by atoms with Crippen LogP contribution in [0.4, 0.5) is 5.69 Å². The van der Waals surface area contributed by atoms with Crippen LogP contribution in [0.2, 0.25) is 0 Å². The van der Waals surface area contributed by atoms with Gasteiger partial charge in [-0.3, -0.25) is 0 Å². The normalized spacial score (nSPS) is 10.3. The highest BCUT2D eigenvalue weighted by Gasteiger charge is 1.94. The van der Waals surface area contributed by atoms with E-state index in [9.17, 15) is 0 Å². The summed E-state index contributed by atoms with van der Waals surface area (Å²) < 4.78 is 1.20. The Morgan fingerprint density at radius 3 is 3.00 bits per heavy atom. The summed E-state index contributed by atoms with van der Waals surface area (Å²) in [6.45, 7) is 0.674. The molecule has 1 rings (SSSR count). The summed E-state index contributed by atoms with van der Waals surface area (Å²) in [7, 11) is 1.53. The third-order valence-electron chi connectivity index (χ3n) is 1.44. The van der Waals surface area contributed by atoms with E-state index in [2.05, 4.69) is 44.0 Å². The molecule has 0 heterocycles. The Morgan fingerprint density at radius 2 is 2.31 bits per heavy atom. The highest BCUT2D eigenvalue weighted by Crippen LogP contribution is 2.15. The van der Waals surface area contributed by atoms with Crippen molar-refractivity contribution in [2.24, 2.45) is 5.16 Å². The monoisotopic (exact) mass is 290 g/mol. The van der Waals surface area contributed by atoms with E-state index in [0.29, 0.717) is 6.54 Å². The van der Waals surface area contributed by atoms with Crippen molar-refractivity contribution < 1.29 is 4.84 Å². The lowest BCUT2D eigenvalue weighted by atomic mass is 10.3. The zero-order valence-electron chi connectivity index (χ0n) is 7.33. The van der Waals surface area contributed by atoms with Crippen LogP contribution in [0.5, 0.6) is 0 Å². The Hall–Kier alpha value is -0.780. The molecule has 1 aromatic rings. The van der Waals surface area contributed by atoms with Crippen LogP contribution in [0.1, 0.15) is 0 Å². The second-order valence-electron chi connectivity index (χ2n) is 2.33. The lowest BCUT2D eigenvalue weighted by Crippen LogP contribution is -2.03. The number of oxime groups is 1. The fraction of sp³-hybridized carbons (Fsp3) is 0.222. The van der Waals surface area contributed by atoms with Crippen molar-refractivity contribution in [3.05, 3.63) is 27.8 Å². The average Bonchev–Trinajstić information content (AvgIpc) is 2.15. The molecule has 13 heavy (non-hydrogen) atoms. The van der Waals surface area contributed by atoms with Crippen molar-refractivity contribution in [1.82, 2.24) is 0 Å². The predicted molar refractivity (Wildman–Crippen MR) is 63.1 cm³/mol. The van der Waals surface area contributed by atoms with Crippen LogP contribution >= 0.6 is 22.6 Å². The van der Waals surface area contributed by atoms with Crippen molar-refractivity contribution in [3.63, 3.8) is 0 Å². The van der Waals surface area contributed by atoms with Gasteiger partial charge in [0, 0.05) is 9.26 Å². The summed E-state index contributed by atoms with van der Waals surface area (Å²) >= 11 is 2.28. The Morgan fingerprint density at radius 1 is 1.54 bits per heavy atom. The Balaban J connectivity index is 2.45. The maximum absolute atomic E-state index is 4.54. The molecule has 0 amide bonds. The molecule has 0 bridgehead atoms. The number of halogens is 1. The van der Waals surface area contributed by atoms with Crippen molar-refractivity contribution in [3.8, 4) is 0 Å². The number of anilines is 1. The molecule has 0 aliphatic heterocycles. The van der Waals surface area contributed by atoms with Crippen LogP contribution in [0.25, 0.3) is 0 Å². The standard InChI is InChI=1S/C9H11IN2O/c1-13-12-7-6-11-9-5-3-2-4-8(9)10/h2-5,7,11H,6H2,1H3/b12-7-. The van der Waals surface area contributed by atoms with E-state index in [1.807, 2.05) is 18.2 Å². The molecule has 0 saturated heterocycles. The van der Waals surface area contributed by atoms with Gasteiger partial charge in [0.1, 0.15) is 7.11 Å².